The topological polar surface area (TPSA) is 35.2 Å². The highest BCUT2D eigenvalue weighted by molar-refractivity contribution is 6.32. The lowest BCUT2D eigenvalue weighted by Gasteiger charge is -2.11. The number of fused-ring (bicyclic) bond motifs is 1. The van der Waals surface area contributed by atoms with Gasteiger partial charge in [0.15, 0.2) is 5.75 Å². The molecular formula is C15H14ClNO. The highest BCUT2D eigenvalue weighted by Gasteiger charge is 2.15. The van der Waals surface area contributed by atoms with E-state index in [1.165, 1.54) is 17.5 Å². The van der Waals surface area contributed by atoms with E-state index in [1.807, 2.05) is 30.3 Å². The van der Waals surface area contributed by atoms with Crippen LogP contribution < -0.4 is 10.5 Å². The third-order valence-corrected chi connectivity index (χ3v) is 3.59. The van der Waals surface area contributed by atoms with Crippen LogP contribution in [0.3, 0.4) is 0 Å². The number of benzene rings is 2. The maximum absolute atomic E-state index is 6.08. The number of ether oxygens (including phenoxy) is 1. The van der Waals surface area contributed by atoms with Crippen molar-refractivity contribution >= 4 is 17.3 Å². The van der Waals surface area contributed by atoms with E-state index in [0.717, 1.165) is 12.8 Å². The van der Waals surface area contributed by atoms with E-state index in [0.29, 0.717) is 22.2 Å². The maximum atomic E-state index is 6.08. The molecule has 0 heterocycles. The second kappa shape index (κ2) is 4.54. The third kappa shape index (κ3) is 2.04. The summed E-state index contributed by atoms with van der Waals surface area (Å²) in [4.78, 5) is 0. The largest absolute Gasteiger partial charge is 0.454 e. The van der Waals surface area contributed by atoms with Gasteiger partial charge in [-0.15, -0.1) is 0 Å². The fourth-order valence-electron chi connectivity index (χ4n) is 2.35. The molecule has 3 heteroatoms. The molecule has 2 aromatic carbocycles. The molecule has 1 aliphatic rings. The minimum absolute atomic E-state index is 0.595. The van der Waals surface area contributed by atoms with Crippen LogP contribution in [0, 0.1) is 0 Å². The average Bonchev–Trinajstić information content (AvgIpc) is 2.79. The Labute approximate surface area is 111 Å². The van der Waals surface area contributed by atoms with Crippen LogP contribution in [0.5, 0.6) is 11.5 Å². The predicted octanol–water partition coefficient (Wildman–Crippen LogP) is 4.20. The zero-order valence-corrected chi connectivity index (χ0v) is 10.7. The molecule has 0 atom stereocenters. The van der Waals surface area contributed by atoms with Crippen LogP contribution in [0.15, 0.2) is 36.4 Å². The minimum atomic E-state index is 0.595. The van der Waals surface area contributed by atoms with Gasteiger partial charge in [0.25, 0.3) is 0 Å². The second-order valence-electron chi connectivity index (χ2n) is 4.54. The molecule has 0 spiro atoms. The number of nitrogens with two attached hydrogens (primary N) is 1. The molecule has 3 rings (SSSR count). The number of hydrogen-bond donors (Lipinski definition) is 1. The monoisotopic (exact) mass is 259 g/mol. The fourth-order valence-corrected chi connectivity index (χ4v) is 2.53. The van der Waals surface area contributed by atoms with Crippen LogP contribution in [-0.4, -0.2) is 0 Å². The Bertz CT molecular complexity index is 595. The Morgan fingerprint density at radius 3 is 2.50 bits per heavy atom. The summed E-state index contributed by atoms with van der Waals surface area (Å²) < 4.78 is 5.81. The van der Waals surface area contributed by atoms with Crippen LogP contribution in [0.2, 0.25) is 5.02 Å². The van der Waals surface area contributed by atoms with Crippen LogP contribution in [-0.2, 0) is 12.8 Å². The van der Waals surface area contributed by atoms with E-state index in [1.54, 1.807) is 6.07 Å². The Morgan fingerprint density at radius 1 is 1.00 bits per heavy atom. The Hall–Kier alpha value is -1.67. The summed E-state index contributed by atoms with van der Waals surface area (Å²) >= 11 is 6.08. The highest BCUT2D eigenvalue weighted by atomic mass is 35.5. The zero-order chi connectivity index (χ0) is 12.5. The lowest BCUT2D eigenvalue weighted by Crippen LogP contribution is -1.95. The normalized spacial score (nSPS) is 13.4. The SMILES string of the molecule is Nc1cc2c(cc1Oc1ccccc1Cl)CCC2. The molecule has 1 aliphatic carbocycles. The molecule has 0 aliphatic heterocycles. The molecule has 0 fully saturated rings. The molecule has 92 valence electrons. The molecule has 0 unspecified atom stereocenters. The molecule has 0 aromatic heterocycles. The third-order valence-electron chi connectivity index (χ3n) is 3.28. The van der Waals surface area contributed by atoms with Gasteiger partial charge >= 0.3 is 0 Å². The molecule has 0 amide bonds. The quantitative estimate of drug-likeness (QED) is 0.821. The van der Waals surface area contributed by atoms with Crippen molar-refractivity contribution < 1.29 is 4.74 Å². The molecule has 2 nitrogen and oxygen atoms in total. The van der Waals surface area contributed by atoms with Gasteiger partial charge < -0.3 is 10.5 Å². The minimum Gasteiger partial charge on any atom is -0.454 e. The molecule has 0 bridgehead atoms. The van der Waals surface area contributed by atoms with E-state index < -0.39 is 0 Å². The number of aryl methyl sites for hydroxylation is 2. The summed E-state index contributed by atoms with van der Waals surface area (Å²) in [7, 11) is 0. The molecule has 2 N–H and O–H groups in total. The first-order chi connectivity index (χ1) is 8.74. The predicted molar refractivity (Wildman–Crippen MR) is 74.4 cm³/mol. The zero-order valence-electron chi connectivity index (χ0n) is 9.95. The first kappa shape index (κ1) is 11.4. The molecule has 18 heavy (non-hydrogen) atoms. The summed E-state index contributed by atoms with van der Waals surface area (Å²) in [6, 6.07) is 11.5. The number of nitrogen functional groups attached to an aromatic ring is 1. The van der Waals surface area contributed by atoms with Gasteiger partial charge in [0.1, 0.15) is 5.75 Å². The Balaban J connectivity index is 1.96. The number of anilines is 1. The van der Waals surface area contributed by atoms with Gasteiger partial charge in [0, 0.05) is 0 Å². The summed E-state index contributed by atoms with van der Waals surface area (Å²) in [5.74, 6) is 1.34. The van der Waals surface area contributed by atoms with Gasteiger partial charge in [0.2, 0.25) is 0 Å². The van der Waals surface area contributed by atoms with Gasteiger partial charge in [-0.3, -0.25) is 0 Å². The molecule has 0 saturated heterocycles. The first-order valence-corrected chi connectivity index (χ1v) is 6.45. The second-order valence-corrected chi connectivity index (χ2v) is 4.95. The summed E-state index contributed by atoms with van der Waals surface area (Å²) in [6.07, 6.45) is 3.42. The van der Waals surface area contributed by atoms with Gasteiger partial charge in [-0.25, -0.2) is 0 Å². The van der Waals surface area contributed by atoms with E-state index in [2.05, 4.69) is 0 Å². The first-order valence-electron chi connectivity index (χ1n) is 6.08. The van der Waals surface area contributed by atoms with Crippen molar-refractivity contribution in [2.45, 2.75) is 19.3 Å². The smallest absolute Gasteiger partial charge is 0.150 e. The van der Waals surface area contributed by atoms with Crippen LogP contribution in [0.4, 0.5) is 5.69 Å². The summed E-state index contributed by atoms with van der Waals surface area (Å²) in [5, 5.41) is 0.595. The van der Waals surface area contributed by atoms with Gasteiger partial charge in [-0.1, -0.05) is 23.7 Å². The molecule has 0 saturated carbocycles. The highest BCUT2D eigenvalue weighted by Crippen LogP contribution is 2.36. The number of hydrogen-bond acceptors (Lipinski definition) is 2. The van der Waals surface area contributed by atoms with Gasteiger partial charge in [0.05, 0.1) is 10.7 Å². The van der Waals surface area contributed by atoms with Crippen molar-refractivity contribution in [1.29, 1.82) is 0 Å². The van der Waals surface area contributed by atoms with Crippen LogP contribution in [0.25, 0.3) is 0 Å². The van der Waals surface area contributed by atoms with Crippen molar-refractivity contribution in [3.05, 3.63) is 52.5 Å². The van der Waals surface area contributed by atoms with E-state index in [-0.39, 0.29) is 0 Å². The van der Waals surface area contributed by atoms with Crippen molar-refractivity contribution in [2.24, 2.45) is 0 Å². The lowest BCUT2D eigenvalue weighted by molar-refractivity contribution is 0.484. The van der Waals surface area contributed by atoms with Crippen molar-refractivity contribution in [3.63, 3.8) is 0 Å². The lowest BCUT2D eigenvalue weighted by atomic mass is 10.1. The van der Waals surface area contributed by atoms with Crippen molar-refractivity contribution in [2.75, 3.05) is 5.73 Å². The van der Waals surface area contributed by atoms with Crippen LogP contribution >= 0.6 is 11.6 Å². The van der Waals surface area contributed by atoms with Crippen LogP contribution in [0.1, 0.15) is 17.5 Å². The van der Waals surface area contributed by atoms with E-state index in [9.17, 15) is 0 Å². The van der Waals surface area contributed by atoms with E-state index in [4.69, 9.17) is 22.1 Å². The van der Waals surface area contributed by atoms with Gasteiger partial charge in [-0.05, 0) is 54.7 Å². The number of halogens is 1. The molecular weight excluding hydrogens is 246 g/mol. The fraction of sp³-hybridized carbons (Fsp3) is 0.200. The Morgan fingerprint density at radius 2 is 1.72 bits per heavy atom. The molecule has 2 aromatic rings. The standard InChI is InChI=1S/C15H14ClNO/c16-12-6-1-2-7-14(12)18-15-9-11-5-3-4-10(11)8-13(15)17/h1-2,6-9H,3-5,17H2. The number of rotatable bonds is 2. The molecule has 0 radical (unpaired) electrons. The Kier molecular flexibility index (Phi) is 2.88. The van der Waals surface area contributed by atoms with Crippen molar-refractivity contribution in [1.82, 2.24) is 0 Å². The summed E-state index contributed by atoms with van der Waals surface area (Å²) in [5.41, 5.74) is 9.39. The average molecular weight is 260 g/mol. The maximum Gasteiger partial charge on any atom is 0.150 e. The van der Waals surface area contributed by atoms with E-state index >= 15 is 0 Å². The number of para-hydroxylation sites is 1. The van der Waals surface area contributed by atoms with Crippen molar-refractivity contribution in [3.8, 4) is 11.5 Å². The summed E-state index contributed by atoms with van der Waals surface area (Å²) in [6.45, 7) is 0. The van der Waals surface area contributed by atoms with Gasteiger partial charge in [-0.2, -0.15) is 0 Å².